The van der Waals surface area contributed by atoms with Crippen LogP contribution in [0.25, 0.3) is 0 Å². The molecule has 0 rings (SSSR count). The minimum absolute atomic E-state index is 0.0147. The molecule has 5 N–H and O–H groups in total. The summed E-state index contributed by atoms with van der Waals surface area (Å²) in [7, 11) is 1.70. The first kappa shape index (κ1) is 13.1. The highest BCUT2D eigenvalue weighted by atomic mass is 32.1. The van der Waals surface area contributed by atoms with E-state index < -0.39 is 5.97 Å². The highest BCUT2D eigenvalue weighted by molar-refractivity contribution is 7.77. The van der Waals surface area contributed by atoms with Crippen LogP contribution in [0.5, 0.6) is 0 Å². The number of carboxylic acid groups (broad SMARTS) is 1. The molecule has 0 aliphatic carbocycles. The summed E-state index contributed by atoms with van der Waals surface area (Å²) in [5.74, 6) is -0.846. The number of carbonyl (C=O) groups is 1. The van der Waals surface area contributed by atoms with Gasteiger partial charge >= 0.3 is 5.97 Å². The molecule has 0 aromatic rings. The molecule has 0 bridgehead atoms. The van der Waals surface area contributed by atoms with Gasteiger partial charge in [0.2, 0.25) is 0 Å². The Balaban J connectivity index is 3.98. The molecular formula is C7H16N4O2S. The van der Waals surface area contributed by atoms with E-state index in [0.29, 0.717) is 13.0 Å². The van der Waals surface area contributed by atoms with E-state index >= 15 is 0 Å². The molecule has 0 aliphatic rings. The van der Waals surface area contributed by atoms with E-state index in [1.807, 2.05) is 0 Å². The maximum atomic E-state index is 10.5. The van der Waals surface area contributed by atoms with Crippen LogP contribution in [-0.2, 0) is 4.79 Å². The molecule has 7 heteroatoms. The summed E-state index contributed by atoms with van der Waals surface area (Å²) in [5, 5.41) is 8.60. The van der Waals surface area contributed by atoms with Crippen LogP contribution in [0.1, 0.15) is 12.8 Å². The number of guanidine groups is 1. The molecule has 0 radical (unpaired) electrons. The van der Waals surface area contributed by atoms with Crippen LogP contribution in [-0.4, -0.2) is 41.0 Å². The van der Waals surface area contributed by atoms with Crippen molar-refractivity contribution >= 4 is 24.7 Å². The fourth-order valence-electron chi connectivity index (χ4n) is 0.965. The van der Waals surface area contributed by atoms with E-state index in [1.54, 1.807) is 11.4 Å². The van der Waals surface area contributed by atoms with E-state index in [-0.39, 0.29) is 18.4 Å². The Kier molecular flexibility index (Phi) is 6.06. The Hall–Kier alpha value is -0.950. The van der Waals surface area contributed by atoms with Crippen molar-refractivity contribution in [3.63, 3.8) is 0 Å². The van der Waals surface area contributed by atoms with Crippen molar-refractivity contribution in [1.29, 1.82) is 0 Å². The number of aliphatic carboxylic acids is 1. The van der Waals surface area contributed by atoms with Gasteiger partial charge in [-0.05, 0) is 13.5 Å². The Bertz CT molecular complexity index is 216. The fourth-order valence-corrected chi connectivity index (χ4v) is 1.16. The second-order valence-electron chi connectivity index (χ2n) is 2.92. The van der Waals surface area contributed by atoms with Crippen molar-refractivity contribution in [2.24, 2.45) is 16.5 Å². The van der Waals surface area contributed by atoms with Gasteiger partial charge in [0, 0.05) is 12.6 Å². The van der Waals surface area contributed by atoms with Crippen molar-refractivity contribution in [3.8, 4) is 0 Å². The number of hydrogen-bond donors (Lipinski definition) is 4. The van der Waals surface area contributed by atoms with E-state index in [1.165, 1.54) is 0 Å². The number of aliphatic imine (C=N–C) groups is 1. The highest BCUT2D eigenvalue weighted by Gasteiger charge is 2.15. The molecule has 14 heavy (non-hydrogen) atoms. The maximum absolute atomic E-state index is 10.5. The molecule has 0 amide bonds. The Labute approximate surface area is 88.5 Å². The first-order chi connectivity index (χ1) is 6.43. The molecule has 0 heterocycles. The quantitative estimate of drug-likeness (QED) is 0.268. The Morgan fingerprint density at radius 1 is 1.64 bits per heavy atom. The zero-order valence-corrected chi connectivity index (χ0v) is 8.94. The van der Waals surface area contributed by atoms with Gasteiger partial charge in [0.1, 0.15) is 0 Å². The summed E-state index contributed by atoms with van der Waals surface area (Å²) in [5.41, 5.74) is 10.3. The summed E-state index contributed by atoms with van der Waals surface area (Å²) >= 11 is 4.05. The Morgan fingerprint density at radius 3 is 2.57 bits per heavy atom. The number of hydrogen-bond acceptors (Lipinski definition) is 4. The van der Waals surface area contributed by atoms with Gasteiger partial charge < -0.3 is 16.6 Å². The van der Waals surface area contributed by atoms with Gasteiger partial charge in [-0.3, -0.25) is 14.1 Å². The van der Waals surface area contributed by atoms with E-state index in [0.717, 1.165) is 0 Å². The molecule has 0 spiro atoms. The molecule has 1 atom stereocenters. The van der Waals surface area contributed by atoms with E-state index in [9.17, 15) is 4.79 Å². The zero-order valence-electron chi connectivity index (χ0n) is 8.05. The van der Waals surface area contributed by atoms with Crippen LogP contribution in [0.15, 0.2) is 4.99 Å². The predicted molar refractivity (Wildman–Crippen MR) is 58.1 cm³/mol. The number of nitrogens with two attached hydrogens (primary N) is 2. The van der Waals surface area contributed by atoms with Crippen LogP contribution in [0.4, 0.5) is 0 Å². The van der Waals surface area contributed by atoms with E-state index in [4.69, 9.17) is 16.6 Å². The molecular weight excluding hydrogens is 204 g/mol. The number of nitrogens with zero attached hydrogens (tertiary/aromatic N) is 2. The molecule has 0 saturated heterocycles. The molecule has 0 aromatic heterocycles. The van der Waals surface area contributed by atoms with Gasteiger partial charge in [0.25, 0.3) is 0 Å². The number of thiol groups is 1. The molecule has 82 valence electrons. The van der Waals surface area contributed by atoms with Crippen molar-refractivity contribution in [1.82, 2.24) is 4.31 Å². The second-order valence-corrected chi connectivity index (χ2v) is 3.55. The summed E-state index contributed by atoms with van der Waals surface area (Å²) in [6, 6.07) is -0.168. The normalized spacial score (nSPS) is 12.5. The van der Waals surface area contributed by atoms with Crippen LogP contribution >= 0.6 is 12.8 Å². The van der Waals surface area contributed by atoms with Crippen molar-refractivity contribution in [3.05, 3.63) is 0 Å². The maximum Gasteiger partial charge on any atom is 0.304 e. The minimum Gasteiger partial charge on any atom is -0.481 e. The largest absolute Gasteiger partial charge is 0.481 e. The third-order valence-electron chi connectivity index (χ3n) is 1.70. The summed E-state index contributed by atoms with van der Waals surface area (Å²) in [6.07, 6.45) is 0.587. The predicted octanol–water partition coefficient (Wildman–Crippen LogP) is -0.730. The molecule has 0 saturated carbocycles. The standard InChI is InChI=1S/C7H16N4O2S/c1-11(14)5(4-6(12)13)2-3-10-7(8)9/h5,14H,2-4H2,1H3,(H,12,13)(H4,8,9,10). The first-order valence-electron chi connectivity index (χ1n) is 4.12. The fraction of sp³-hybridized carbons (Fsp3) is 0.714. The van der Waals surface area contributed by atoms with Crippen LogP contribution in [0.3, 0.4) is 0 Å². The first-order valence-corrected chi connectivity index (χ1v) is 4.52. The van der Waals surface area contributed by atoms with Crippen LogP contribution < -0.4 is 11.5 Å². The third kappa shape index (κ3) is 6.55. The van der Waals surface area contributed by atoms with Gasteiger partial charge in [0.15, 0.2) is 5.96 Å². The van der Waals surface area contributed by atoms with Crippen LogP contribution in [0.2, 0.25) is 0 Å². The minimum atomic E-state index is -0.861. The molecule has 6 nitrogen and oxygen atoms in total. The average Bonchev–Trinajstić information content (AvgIpc) is 2.00. The number of rotatable bonds is 6. The SMILES string of the molecule is CN(S)C(CCN=C(N)N)CC(=O)O. The molecule has 0 aromatic carbocycles. The molecule has 0 fully saturated rings. The lowest BCUT2D eigenvalue weighted by atomic mass is 10.1. The molecule has 1 unspecified atom stereocenters. The van der Waals surface area contributed by atoms with Gasteiger partial charge in [-0.2, -0.15) is 0 Å². The lowest BCUT2D eigenvalue weighted by molar-refractivity contribution is -0.137. The van der Waals surface area contributed by atoms with Gasteiger partial charge in [0.05, 0.1) is 6.42 Å². The van der Waals surface area contributed by atoms with Gasteiger partial charge in [-0.25, -0.2) is 0 Å². The van der Waals surface area contributed by atoms with E-state index in [2.05, 4.69) is 17.8 Å². The smallest absolute Gasteiger partial charge is 0.304 e. The second kappa shape index (κ2) is 6.50. The van der Waals surface area contributed by atoms with Crippen LogP contribution in [0, 0.1) is 0 Å². The topological polar surface area (TPSA) is 105 Å². The molecule has 0 aliphatic heterocycles. The Morgan fingerprint density at radius 2 is 2.21 bits per heavy atom. The lowest BCUT2D eigenvalue weighted by Crippen LogP contribution is -2.28. The lowest BCUT2D eigenvalue weighted by Gasteiger charge is -2.20. The third-order valence-corrected chi connectivity index (χ3v) is 2.02. The van der Waals surface area contributed by atoms with Gasteiger partial charge in [-0.15, -0.1) is 0 Å². The zero-order chi connectivity index (χ0) is 11.1. The van der Waals surface area contributed by atoms with Crippen molar-refractivity contribution in [2.75, 3.05) is 13.6 Å². The average molecular weight is 220 g/mol. The van der Waals surface area contributed by atoms with Gasteiger partial charge in [-0.1, -0.05) is 12.8 Å². The summed E-state index contributed by atoms with van der Waals surface area (Å²) in [6.45, 7) is 0.408. The van der Waals surface area contributed by atoms with Crippen molar-refractivity contribution in [2.45, 2.75) is 18.9 Å². The summed E-state index contributed by atoms with van der Waals surface area (Å²) in [4.78, 5) is 14.2. The summed E-state index contributed by atoms with van der Waals surface area (Å²) < 4.78 is 1.55. The highest BCUT2D eigenvalue weighted by Crippen LogP contribution is 2.09. The number of carboxylic acids is 1. The van der Waals surface area contributed by atoms with Crippen molar-refractivity contribution < 1.29 is 9.90 Å². The monoisotopic (exact) mass is 220 g/mol.